The number of benzene rings is 2. The first kappa shape index (κ1) is 23.2. The Morgan fingerprint density at radius 3 is 2.56 bits per heavy atom. The SMILES string of the molecule is Cc1cc(CC(=O)N(C)C)ccc1C(=O)N[C@H](C)c1cc(-c2cnn(C)c2)nc2ccccc12. The smallest absolute Gasteiger partial charge is 0.252 e. The third kappa shape index (κ3) is 4.83. The number of fused-ring (bicyclic) bond motifs is 1. The van der Waals surface area contributed by atoms with Crippen LogP contribution in [0.2, 0.25) is 0 Å². The number of likely N-dealkylation sites (N-methyl/N-ethyl adjacent to an activating group) is 1. The van der Waals surface area contributed by atoms with Crippen molar-refractivity contribution in [3.05, 3.63) is 83.2 Å². The summed E-state index contributed by atoms with van der Waals surface area (Å²) >= 11 is 0. The molecule has 2 aromatic carbocycles. The normalized spacial score (nSPS) is 11.9. The zero-order valence-electron chi connectivity index (χ0n) is 20.2. The van der Waals surface area contributed by atoms with E-state index in [0.717, 1.165) is 38.9 Å². The highest BCUT2D eigenvalue weighted by Gasteiger charge is 2.18. The Kier molecular flexibility index (Phi) is 6.45. The van der Waals surface area contributed by atoms with Crippen LogP contribution >= 0.6 is 0 Å². The topological polar surface area (TPSA) is 80.1 Å². The fraction of sp³-hybridized carbons (Fsp3) is 0.259. The Balaban J connectivity index is 1.61. The minimum Gasteiger partial charge on any atom is -0.349 e. The molecule has 0 saturated carbocycles. The van der Waals surface area contributed by atoms with Gasteiger partial charge in [0.15, 0.2) is 0 Å². The van der Waals surface area contributed by atoms with Gasteiger partial charge in [-0.3, -0.25) is 14.3 Å². The first-order valence-electron chi connectivity index (χ1n) is 11.2. The van der Waals surface area contributed by atoms with Gasteiger partial charge in [-0.2, -0.15) is 5.10 Å². The Morgan fingerprint density at radius 2 is 1.88 bits per heavy atom. The fourth-order valence-corrected chi connectivity index (χ4v) is 4.04. The van der Waals surface area contributed by atoms with Crippen LogP contribution < -0.4 is 5.32 Å². The molecule has 2 aromatic heterocycles. The number of aryl methyl sites for hydroxylation is 2. The average molecular weight is 456 g/mol. The monoisotopic (exact) mass is 455 g/mol. The van der Waals surface area contributed by atoms with E-state index in [4.69, 9.17) is 4.98 Å². The minimum atomic E-state index is -0.245. The van der Waals surface area contributed by atoms with Gasteiger partial charge in [-0.05, 0) is 48.7 Å². The zero-order chi connectivity index (χ0) is 24.4. The summed E-state index contributed by atoms with van der Waals surface area (Å²) in [6, 6.07) is 15.3. The first-order valence-corrected chi connectivity index (χ1v) is 11.2. The lowest BCUT2D eigenvalue weighted by atomic mass is 9.99. The lowest BCUT2D eigenvalue weighted by molar-refractivity contribution is -0.127. The predicted molar refractivity (Wildman–Crippen MR) is 133 cm³/mol. The fourth-order valence-electron chi connectivity index (χ4n) is 4.04. The Morgan fingerprint density at radius 1 is 1.12 bits per heavy atom. The number of pyridine rings is 1. The number of rotatable bonds is 6. The van der Waals surface area contributed by atoms with Gasteiger partial charge in [0.05, 0.1) is 29.9 Å². The molecule has 4 rings (SSSR count). The Hall–Kier alpha value is -4.00. The van der Waals surface area contributed by atoms with Crippen LogP contribution in [0.15, 0.2) is 60.9 Å². The third-order valence-corrected chi connectivity index (χ3v) is 5.95. The lowest BCUT2D eigenvalue weighted by Crippen LogP contribution is -2.28. The van der Waals surface area contributed by atoms with Gasteiger partial charge in [0.2, 0.25) is 5.91 Å². The molecule has 7 heteroatoms. The van der Waals surface area contributed by atoms with Crippen molar-refractivity contribution in [3.63, 3.8) is 0 Å². The highest BCUT2D eigenvalue weighted by atomic mass is 16.2. The van der Waals surface area contributed by atoms with Crippen LogP contribution in [-0.4, -0.2) is 45.6 Å². The lowest BCUT2D eigenvalue weighted by Gasteiger charge is -2.19. The van der Waals surface area contributed by atoms with E-state index in [9.17, 15) is 9.59 Å². The summed E-state index contributed by atoms with van der Waals surface area (Å²) in [4.78, 5) is 31.6. The van der Waals surface area contributed by atoms with Gasteiger partial charge >= 0.3 is 0 Å². The number of nitrogens with one attached hydrogen (secondary N) is 1. The van der Waals surface area contributed by atoms with Gasteiger partial charge in [-0.25, -0.2) is 4.98 Å². The molecule has 2 heterocycles. The van der Waals surface area contributed by atoms with Crippen LogP contribution in [0.5, 0.6) is 0 Å². The van der Waals surface area contributed by atoms with Gasteiger partial charge in [0.1, 0.15) is 0 Å². The summed E-state index contributed by atoms with van der Waals surface area (Å²) < 4.78 is 1.75. The van der Waals surface area contributed by atoms with Crippen molar-refractivity contribution in [2.45, 2.75) is 26.3 Å². The Bertz CT molecular complexity index is 1370. The number of hydrogen-bond acceptors (Lipinski definition) is 4. The zero-order valence-corrected chi connectivity index (χ0v) is 20.2. The number of hydrogen-bond donors (Lipinski definition) is 1. The van der Waals surface area contributed by atoms with Crippen LogP contribution in [-0.2, 0) is 18.3 Å². The number of carbonyl (C=O) groups excluding carboxylic acids is 2. The van der Waals surface area contributed by atoms with Crippen molar-refractivity contribution in [2.75, 3.05) is 14.1 Å². The standard InChI is InChI=1S/C27H29N5O2/c1-17-12-19(13-26(33)31(3)4)10-11-21(17)27(34)29-18(2)23-14-25(20-15-28-32(5)16-20)30-24-9-7-6-8-22(23)24/h6-12,14-16,18H,13H2,1-5H3,(H,29,34)/t18-/m1/s1. The van der Waals surface area contributed by atoms with E-state index in [2.05, 4.69) is 10.4 Å². The summed E-state index contributed by atoms with van der Waals surface area (Å²) in [6.07, 6.45) is 4.03. The molecule has 0 bridgehead atoms. The Labute approximate surface area is 199 Å². The maximum Gasteiger partial charge on any atom is 0.252 e. The maximum absolute atomic E-state index is 13.2. The molecule has 7 nitrogen and oxygen atoms in total. The molecule has 0 saturated heterocycles. The summed E-state index contributed by atoms with van der Waals surface area (Å²) in [5, 5.41) is 8.41. The van der Waals surface area contributed by atoms with Gasteiger partial charge < -0.3 is 10.2 Å². The predicted octanol–water partition coefficient (Wildman–Crippen LogP) is 4.07. The number of amides is 2. The van der Waals surface area contributed by atoms with Crippen molar-refractivity contribution in [3.8, 4) is 11.3 Å². The number of nitrogens with zero attached hydrogens (tertiary/aromatic N) is 4. The van der Waals surface area contributed by atoms with Gasteiger partial charge in [0, 0.05) is 43.9 Å². The molecule has 0 radical (unpaired) electrons. The van der Waals surface area contributed by atoms with Crippen LogP contribution in [0.4, 0.5) is 0 Å². The molecule has 0 aliphatic rings. The molecule has 0 aliphatic carbocycles. The molecule has 34 heavy (non-hydrogen) atoms. The molecule has 0 spiro atoms. The summed E-state index contributed by atoms with van der Waals surface area (Å²) in [7, 11) is 5.35. The van der Waals surface area contributed by atoms with Crippen LogP contribution in [0, 0.1) is 6.92 Å². The molecular weight excluding hydrogens is 426 g/mol. The highest BCUT2D eigenvalue weighted by Crippen LogP contribution is 2.29. The maximum atomic E-state index is 13.2. The average Bonchev–Trinajstić information content (AvgIpc) is 3.24. The quantitative estimate of drug-likeness (QED) is 0.475. The largest absolute Gasteiger partial charge is 0.349 e. The van der Waals surface area contributed by atoms with Crippen LogP contribution in [0.25, 0.3) is 22.2 Å². The number of aromatic nitrogens is 3. The van der Waals surface area contributed by atoms with Crippen LogP contribution in [0.1, 0.15) is 40.0 Å². The second-order valence-corrected chi connectivity index (χ2v) is 8.83. The number of para-hydroxylation sites is 1. The van der Waals surface area contributed by atoms with Crippen LogP contribution in [0.3, 0.4) is 0 Å². The van der Waals surface area contributed by atoms with Crippen molar-refractivity contribution in [1.29, 1.82) is 0 Å². The van der Waals surface area contributed by atoms with Gasteiger partial charge in [-0.1, -0.05) is 30.3 Å². The van der Waals surface area contributed by atoms with Crippen molar-refractivity contribution < 1.29 is 9.59 Å². The summed E-state index contributed by atoms with van der Waals surface area (Å²) in [5.41, 5.74) is 5.92. The molecule has 0 unspecified atom stereocenters. The highest BCUT2D eigenvalue weighted by molar-refractivity contribution is 5.96. The summed E-state index contributed by atoms with van der Waals surface area (Å²) in [5.74, 6) is -0.126. The molecule has 1 atom stereocenters. The molecule has 174 valence electrons. The van der Waals surface area contributed by atoms with E-state index in [-0.39, 0.29) is 17.9 Å². The van der Waals surface area contributed by atoms with E-state index in [0.29, 0.717) is 12.0 Å². The van der Waals surface area contributed by atoms with E-state index < -0.39 is 0 Å². The minimum absolute atomic E-state index is 0.0270. The van der Waals surface area contributed by atoms with Gasteiger partial charge in [0.25, 0.3) is 5.91 Å². The second kappa shape index (κ2) is 9.47. The number of carbonyl (C=O) groups is 2. The van der Waals surface area contributed by atoms with Gasteiger partial charge in [-0.15, -0.1) is 0 Å². The molecular formula is C27H29N5O2. The molecule has 0 aliphatic heterocycles. The molecule has 2 amide bonds. The van der Waals surface area contributed by atoms with E-state index >= 15 is 0 Å². The summed E-state index contributed by atoms with van der Waals surface area (Å²) in [6.45, 7) is 3.87. The molecule has 0 fully saturated rings. The van der Waals surface area contributed by atoms with E-state index in [1.165, 1.54) is 0 Å². The van der Waals surface area contributed by atoms with Crippen molar-refractivity contribution >= 4 is 22.7 Å². The van der Waals surface area contributed by atoms with E-state index in [1.54, 1.807) is 35.9 Å². The van der Waals surface area contributed by atoms with E-state index in [1.807, 2.05) is 69.6 Å². The third-order valence-electron chi connectivity index (χ3n) is 5.95. The first-order chi connectivity index (χ1) is 16.2. The molecule has 1 N–H and O–H groups in total. The second-order valence-electron chi connectivity index (χ2n) is 8.83. The molecule has 4 aromatic rings. The van der Waals surface area contributed by atoms with Crippen molar-refractivity contribution in [2.24, 2.45) is 7.05 Å². The van der Waals surface area contributed by atoms with Crippen molar-refractivity contribution in [1.82, 2.24) is 25.0 Å².